The van der Waals surface area contributed by atoms with Crippen molar-refractivity contribution < 1.29 is 0 Å². The fourth-order valence-electron chi connectivity index (χ4n) is 3.18. The molecule has 2 heterocycles. The summed E-state index contributed by atoms with van der Waals surface area (Å²) in [4.78, 5) is 7.41. The smallest absolute Gasteiger partial charge is 0.114 e. The zero-order chi connectivity index (χ0) is 21.1. The molecule has 2 aromatic heterocycles. The number of anilines is 1. The van der Waals surface area contributed by atoms with Crippen molar-refractivity contribution in [3.63, 3.8) is 0 Å². The lowest BCUT2D eigenvalue weighted by molar-refractivity contribution is 0.867. The molecule has 0 aliphatic heterocycles. The van der Waals surface area contributed by atoms with Crippen molar-refractivity contribution in [2.75, 3.05) is 5.73 Å². The van der Waals surface area contributed by atoms with E-state index in [2.05, 4.69) is 51.9 Å². The summed E-state index contributed by atoms with van der Waals surface area (Å²) in [7, 11) is 1.86. The van der Waals surface area contributed by atoms with E-state index in [-0.39, 0.29) is 5.71 Å². The van der Waals surface area contributed by atoms with Crippen LogP contribution in [0.5, 0.6) is 0 Å². The van der Waals surface area contributed by atoms with E-state index in [0.29, 0.717) is 17.8 Å². The first kappa shape index (κ1) is 19.1. The van der Waals surface area contributed by atoms with E-state index in [0.717, 1.165) is 28.2 Å². The Kier molecular flexibility index (Phi) is 5.10. The van der Waals surface area contributed by atoms with Gasteiger partial charge in [-0.1, -0.05) is 30.8 Å². The predicted molar refractivity (Wildman–Crippen MR) is 122 cm³/mol. The second kappa shape index (κ2) is 8.02. The molecule has 4 aromatic rings. The summed E-state index contributed by atoms with van der Waals surface area (Å²) in [5.74, 6) is 5.78. The van der Waals surface area contributed by atoms with Crippen molar-refractivity contribution >= 4 is 28.0 Å². The number of nitrogen functional groups attached to an aromatic ring is 1. The average molecular weight is 394 g/mol. The van der Waals surface area contributed by atoms with Gasteiger partial charge in [-0.2, -0.15) is 0 Å². The quantitative estimate of drug-likeness (QED) is 0.236. The van der Waals surface area contributed by atoms with E-state index >= 15 is 0 Å². The van der Waals surface area contributed by atoms with Crippen molar-refractivity contribution in [2.45, 2.75) is 6.54 Å². The van der Waals surface area contributed by atoms with Crippen molar-refractivity contribution in [1.29, 1.82) is 5.41 Å². The molecule has 0 bridgehead atoms. The van der Waals surface area contributed by atoms with Crippen LogP contribution in [0.15, 0.2) is 67.6 Å². The molecule has 6 heteroatoms. The maximum Gasteiger partial charge on any atom is 0.114 e. The first-order valence-electron chi connectivity index (χ1n) is 9.48. The molecule has 30 heavy (non-hydrogen) atoms. The maximum atomic E-state index is 8.24. The molecule has 0 aliphatic carbocycles. The molecular formula is C24H22N6. The first-order chi connectivity index (χ1) is 14.5. The molecule has 0 saturated heterocycles. The molecular weight excluding hydrogens is 372 g/mol. The molecule has 0 spiro atoms. The van der Waals surface area contributed by atoms with Crippen molar-refractivity contribution in [1.82, 2.24) is 19.9 Å². The highest BCUT2D eigenvalue weighted by atomic mass is 15.0. The van der Waals surface area contributed by atoms with Crippen LogP contribution in [-0.4, -0.2) is 20.2 Å². The Morgan fingerprint density at radius 2 is 2.10 bits per heavy atom. The molecule has 0 amide bonds. The maximum absolute atomic E-state index is 8.24. The highest BCUT2D eigenvalue weighted by molar-refractivity contribution is 6.14. The summed E-state index contributed by atoms with van der Waals surface area (Å²) in [6, 6.07) is 15.8. The van der Waals surface area contributed by atoms with Crippen LogP contribution in [-0.2, 0) is 13.6 Å². The van der Waals surface area contributed by atoms with Gasteiger partial charge >= 0.3 is 0 Å². The highest BCUT2D eigenvalue weighted by Crippen LogP contribution is 2.20. The SMILES string of the molecule is C=C(NCc1cc2ccccc2[nH]1)c1ccc(C(=N)C#Cc2cncn2C)c(N)c1. The third kappa shape index (κ3) is 3.96. The van der Waals surface area contributed by atoms with Gasteiger partial charge in [0.1, 0.15) is 11.4 Å². The molecule has 148 valence electrons. The van der Waals surface area contributed by atoms with Crippen LogP contribution in [0.3, 0.4) is 0 Å². The number of nitrogens with two attached hydrogens (primary N) is 1. The minimum atomic E-state index is 0.164. The normalized spacial score (nSPS) is 10.4. The number of para-hydroxylation sites is 1. The summed E-state index contributed by atoms with van der Waals surface area (Å²) >= 11 is 0. The lowest BCUT2D eigenvalue weighted by atomic mass is 10.0. The third-order valence-electron chi connectivity index (χ3n) is 4.88. The number of rotatable bonds is 5. The Bertz CT molecular complexity index is 1280. The van der Waals surface area contributed by atoms with Gasteiger partial charge in [0.05, 0.1) is 19.1 Å². The molecule has 0 saturated carbocycles. The van der Waals surface area contributed by atoms with Gasteiger partial charge in [-0.3, -0.25) is 5.41 Å². The molecule has 0 unspecified atom stereocenters. The van der Waals surface area contributed by atoms with Gasteiger partial charge in [0.25, 0.3) is 0 Å². The highest BCUT2D eigenvalue weighted by Gasteiger charge is 2.08. The minimum absolute atomic E-state index is 0.164. The Labute approximate surface area is 175 Å². The fraction of sp³-hybridized carbons (Fsp3) is 0.0833. The van der Waals surface area contributed by atoms with Crippen LogP contribution >= 0.6 is 0 Å². The van der Waals surface area contributed by atoms with E-state index in [1.807, 2.05) is 31.3 Å². The summed E-state index contributed by atoms with van der Waals surface area (Å²) in [5.41, 5.74) is 12.0. The number of nitrogens with one attached hydrogen (secondary N) is 3. The fourth-order valence-corrected chi connectivity index (χ4v) is 3.18. The van der Waals surface area contributed by atoms with E-state index in [1.54, 1.807) is 23.2 Å². The summed E-state index contributed by atoms with van der Waals surface area (Å²) in [6.07, 6.45) is 3.33. The molecule has 0 atom stereocenters. The Balaban J connectivity index is 1.44. The van der Waals surface area contributed by atoms with Crippen LogP contribution in [0.4, 0.5) is 5.69 Å². The first-order valence-corrected chi connectivity index (χ1v) is 9.48. The molecule has 2 aromatic carbocycles. The van der Waals surface area contributed by atoms with E-state index in [4.69, 9.17) is 11.1 Å². The van der Waals surface area contributed by atoms with Gasteiger partial charge in [0.15, 0.2) is 0 Å². The van der Waals surface area contributed by atoms with Gasteiger partial charge < -0.3 is 20.6 Å². The Morgan fingerprint density at radius 1 is 1.27 bits per heavy atom. The molecule has 0 radical (unpaired) electrons. The average Bonchev–Trinajstić information content (AvgIpc) is 3.35. The van der Waals surface area contributed by atoms with Crippen LogP contribution < -0.4 is 11.1 Å². The van der Waals surface area contributed by atoms with Crippen molar-refractivity contribution in [2.24, 2.45) is 7.05 Å². The molecule has 5 N–H and O–H groups in total. The lowest BCUT2D eigenvalue weighted by Gasteiger charge is -2.11. The number of benzene rings is 2. The van der Waals surface area contributed by atoms with Gasteiger partial charge in [0, 0.05) is 35.2 Å². The van der Waals surface area contributed by atoms with E-state index in [9.17, 15) is 0 Å². The van der Waals surface area contributed by atoms with E-state index in [1.165, 1.54) is 5.39 Å². The molecule has 0 aliphatic rings. The van der Waals surface area contributed by atoms with E-state index < -0.39 is 0 Å². The zero-order valence-corrected chi connectivity index (χ0v) is 16.7. The number of aromatic amines is 1. The number of H-pyrrole nitrogens is 1. The van der Waals surface area contributed by atoms with Crippen molar-refractivity contribution in [3.8, 4) is 11.8 Å². The molecule has 6 nitrogen and oxygen atoms in total. The van der Waals surface area contributed by atoms with Gasteiger partial charge in [-0.25, -0.2) is 4.98 Å². The number of aryl methyl sites for hydroxylation is 1. The number of hydrogen-bond donors (Lipinski definition) is 4. The molecule has 0 fully saturated rings. The zero-order valence-electron chi connectivity index (χ0n) is 16.7. The number of nitrogens with zero attached hydrogens (tertiary/aromatic N) is 2. The number of imidazole rings is 1. The second-order valence-corrected chi connectivity index (χ2v) is 7.03. The third-order valence-corrected chi connectivity index (χ3v) is 4.88. The Morgan fingerprint density at radius 3 is 2.83 bits per heavy atom. The van der Waals surface area contributed by atoms with Crippen LogP contribution in [0.25, 0.3) is 16.6 Å². The number of aromatic nitrogens is 3. The predicted octanol–water partition coefficient (Wildman–Crippen LogP) is 3.66. The number of fused-ring (bicyclic) bond motifs is 1. The standard InChI is InChI=1S/C24H22N6/c1-16(28-13-19-11-18-5-3-4-6-24(18)29-19)17-7-9-21(23(26)12-17)22(25)10-8-20-14-27-15-30(20)2/h3-7,9,11-12,14-15,25,28-29H,1,13,26H2,2H3. The van der Waals surface area contributed by atoms with Crippen LogP contribution in [0.1, 0.15) is 22.5 Å². The lowest BCUT2D eigenvalue weighted by Crippen LogP contribution is -2.12. The summed E-state index contributed by atoms with van der Waals surface area (Å²) in [6.45, 7) is 4.74. The minimum Gasteiger partial charge on any atom is -0.398 e. The molecule has 4 rings (SSSR count). The van der Waals surface area contributed by atoms with Crippen molar-refractivity contribution in [3.05, 3.63) is 90.1 Å². The largest absolute Gasteiger partial charge is 0.398 e. The number of hydrogen-bond acceptors (Lipinski definition) is 4. The monoisotopic (exact) mass is 394 g/mol. The topological polar surface area (TPSA) is 95.5 Å². The van der Waals surface area contributed by atoms with Gasteiger partial charge in [-0.05, 0) is 47.1 Å². The van der Waals surface area contributed by atoms with Crippen LogP contribution in [0.2, 0.25) is 0 Å². The van der Waals surface area contributed by atoms with Gasteiger partial charge in [-0.15, -0.1) is 0 Å². The Hall–Kier alpha value is -4.24. The van der Waals surface area contributed by atoms with Crippen LogP contribution in [0, 0.1) is 17.3 Å². The van der Waals surface area contributed by atoms with Gasteiger partial charge in [0.2, 0.25) is 0 Å². The summed E-state index contributed by atoms with van der Waals surface area (Å²) in [5, 5.41) is 12.8. The second-order valence-electron chi connectivity index (χ2n) is 7.03. The summed E-state index contributed by atoms with van der Waals surface area (Å²) < 4.78 is 1.80.